The van der Waals surface area contributed by atoms with Crippen molar-refractivity contribution in [2.75, 3.05) is 7.11 Å². The minimum atomic E-state index is -0.656. The van der Waals surface area contributed by atoms with Crippen molar-refractivity contribution in [2.45, 2.75) is 19.4 Å². The molecule has 3 heteroatoms. The van der Waals surface area contributed by atoms with Gasteiger partial charge in [-0.05, 0) is 26.0 Å². The Hall–Kier alpha value is -1.77. The molecule has 84 valence electrons. The molecule has 0 radical (unpaired) electrons. The zero-order valence-corrected chi connectivity index (χ0v) is 9.66. The molecule has 1 aliphatic rings. The quantitative estimate of drug-likeness (QED) is 0.680. The number of ether oxygens (including phenoxy) is 2. The molecule has 0 unspecified atom stereocenters. The van der Waals surface area contributed by atoms with Gasteiger partial charge >= 0.3 is 0 Å². The van der Waals surface area contributed by atoms with Gasteiger partial charge in [-0.3, -0.25) is 4.79 Å². The fourth-order valence-electron chi connectivity index (χ4n) is 1.67. The number of hydrogen-bond acceptors (Lipinski definition) is 3. The highest BCUT2D eigenvalue weighted by Crippen LogP contribution is 2.37. The second kappa shape index (κ2) is 3.37. The summed E-state index contributed by atoms with van der Waals surface area (Å²) in [6, 6.07) is 5.17. The van der Waals surface area contributed by atoms with Crippen LogP contribution in [0.15, 0.2) is 30.4 Å². The summed E-state index contributed by atoms with van der Waals surface area (Å²) < 4.78 is 10.8. The van der Waals surface area contributed by atoms with Crippen molar-refractivity contribution in [3.05, 3.63) is 35.9 Å². The van der Waals surface area contributed by atoms with Crippen LogP contribution in [0.2, 0.25) is 0 Å². The van der Waals surface area contributed by atoms with E-state index in [1.807, 2.05) is 13.8 Å². The molecule has 1 heterocycles. The number of rotatable bonds is 1. The van der Waals surface area contributed by atoms with Crippen molar-refractivity contribution in [3.63, 3.8) is 0 Å². The summed E-state index contributed by atoms with van der Waals surface area (Å²) in [5, 5.41) is 0. The predicted octanol–water partition coefficient (Wildman–Crippen LogP) is 2.61. The van der Waals surface area contributed by atoms with Crippen molar-refractivity contribution < 1.29 is 14.3 Å². The molecule has 0 bridgehead atoms. The van der Waals surface area contributed by atoms with Crippen LogP contribution in [0.4, 0.5) is 0 Å². The van der Waals surface area contributed by atoms with Crippen LogP contribution in [0.3, 0.4) is 0 Å². The van der Waals surface area contributed by atoms with Gasteiger partial charge in [0.15, 0.2) is 5.78 Å². The molecule has 0 spiro atoms. The SMILES string of the molecule is C=C1C(=O)c2ccc(OC)cc2OC1(C)C. The van der Waals surface area contributed by atoms with Crippen molar-refractivity contribution >= 4 is 5.78 Å². The summed E-state index contributed by atoms with van der Waals surface area (Å²) in [7, 11) is 1.58. The molecule has 0 saturated carbocycles. The smallest absolute Gasteiger partial charge is 0.196 e. The molecule has 0 aliphatic carbocycles. The molecular formula is C13H14O3. The largest absolute Gasteiger partial charge is 0.497 e. The minimum Gasteiger partial charge on any atom is -0.497 e. The molecule has 0 fully saturated rings. The van der Waals surface area contributed by atoms with Gasteiger partial charge in [-0.15, -0.1) is 0 Å². The molecule has 0 aromatic heterocycles. The Bertz CT molecular complexity index is 472. The fraction of sp³-hybridized carbons (Fsp3) is 0.308. The number of carbonyl (C=O) groups is 1. The van der Waals surface area contributed by atoms with Gasteiger partial charge in [-0.1, -0.05) is 6.58 Å². The monoisotopic (exact) mass is 218 g/mol. The van der Waals surface area contributed by atoms with Gasteiger partial charge in [0.25, 0.3) is 0 Å². The third-order valence-corrected chi connectivity index (χ3v) is 2.80. The number of methoxy groups -OCH3 is 1. The van der Waals surface area contributed by atoms with E-state index >= 15 is 0 Å². The number of hydrogen-bond donors (Lipinski definition) is 0. The number of benzene rings is 1. The van der Waals surface area contributed by atoms with E-state index in [0.717, 1.165) is 0 Å². The Kier molecular flexibility index (Phi) is 2.26. The van der Waals surface area contributed by atoms with E-state index in [2.05, 4.69) is 6.58 Å². The topological polar surface area (TPSA) is 35.5 Å². The number of ketones is 1. The van der Waals surface area contributed by atoms with Gasteiger partial charge < -0.3 is 9.47 Å². The average molecular weight is 218 g/mol. The summed E-state index contributed by atoms with van der Waals surface area (Å²) in [4.78, 5) is 12.0. The Morgan fingerprint density at radius 1 is 1.38 bits per heavy atom. The zero-order chi connectivity index (χ0) is 11.9. The summed E-state index contributed by atoms with van der Waals surface area (Å²) in [5.41, 5.74) is 0.367. The molecular weight excluding hydrogens is 204 g/mol. The molecule has 0 N–H and O–H groups in total. The molecule has 3 nitrogen and oxygen atoms in total. The van der Waals surface area contributed by atoms with Crippen molar-refractivity contribution in [1.29, 1.82) is 0 Å². The number of fused-ring (bicyclic) bond motifs is 1. The van der Waals surface area contributed by atoms with Gasteiger partial charge in [-0.2, -0.15) is 0 Å². The van der Waals surface area contributed by atoms with Crippen LogP contribution >= 0.6 is 0 Å². The van der Waals surface area contributed by atoms with Crippen LogP contribution in [0.25, 0.3) is 0 Å². The van der Waals surface area contributed by atoms with E-state index in [4.69, 9.17) is 9.47 Å². The van der Waals surface area contributed by atoms with Crippen molar-refractivity contribution in [3.8, 4) is 11.5 Å². The molecule has 1 aliphatic heterocycles. The highest BCUT2D eigenvalue weighted by Gasteiger charge is 2.36. The summed E-state index contributed by atoms with van der Waals surface area (Å²) in [6.07, 6.45) is 0. The lowest BCUT2D eigenvalue weighted by Gasteiger charge is -2.33. The van der Waals surface area contributed by atoms with Crippen LogP contribution in [-0.2, 0) is 0 Å². The van der Waals surface area contributed by atoms with Crippen molar-refractivity contribution in [2.24, 2.45) is 0 Å². The Balaban J connectivity index is 2.55. The van der Waals surface area contributed by atoms with E-state index in [1.54, 1.807) is 25.3 Å². The first-order chi connectivity index (χ1) is 7.45. The normalized spacial score (nSPS) is 17.7. The van der Waals surface area contributed by atoms with Gasteiger partial charge in [0.2, 0.25) is 0 Å². The third-order valence-electron chi connectivity index (χ3n) is 2.80. The van der Waals surface area contributed by atoms with Gasteiger partial charge in [0, 0.05) is 11.6 Å². The lowest BCUT2D eigenvalue weighted by Crippen LogP contribution is -2.38. The maximum Gasteiger partial charge on any atom is 0.196 e. The molecule has 0 saturated heterocycles. The van der Waals surface area contributed by atoms with E-state index < -0.39 is 5.60 Å². The summed E-state index contributed by atoms with van der Waals surface area (Å²) in [6.45, 7) is 7.44. The standard InChI is InChI=1S/C13H14O3/c1-8-12(14)10-6-5-9(15-4)7-11(10)16-13(8,2)3/h5-7H,1H2,2-4H3. The lowest BCUT2D eigenvalue weighted by molar-refractivity contribution is 0.0858. The first-order valence-corrected chi connectivity index (χ1v) is 5.07. The van der Waals surface area contributed by atoms with E-state index in [-0.39, 0.29) is 5.78 Å². The van der Waals surface area contributed by atoms with Gasteiger partial charge in [-0.25, -0.2) is 0 Å². The second-order valence-corrected chi connectivity index (χ2v) is 4.28. The van der Waals surface area contributed by atoms with Crippen LogP contribution in [0.5, 0.6) is 11.5 Å². The fourth-order valence-corrected chi connectivity index (χ4v) is 1.67. The van der Waals surface area contributed by atoms with Crippen LogP contribution in [0, 0.1) is 0 Å². The van der Waals surface area contributed by atoms with Crippen LogP contribution < -0.4 is 9.47 Å². The Morgan fingerprint density at radius 2 is 2.06 bits per heavy atom. The highest BCUT2D eigenvalue weighted by atomic mass is 16.5. The summed E-state index contributed by atoms with van der Waals surface area (Å²) in [5.74, 6) is 1.17. The molecule has 1 aromatic rings. The van der Waals surface area contributed by atoms with Crippen LogP contribution in [0.1, 0.15) is 24.2 Å². The van der Waals surface area contributed by atoms with E-state index in [9.17, 15) is 4.79 Å². The van der Waals surface area contributed by atoms with E-state index in [1.165, 1.54) is 0 Å². The van der Waals surface area contributed by atoms with Crippen molar-refractivity contribution in [1.82, 2.24) is 0 Å². The molecule has 0 amide bonds. The number of Topliss-reactive ketones (excluding diaryl/α,β-unsaturated/α-hetero) is 1. The van der Waals surface area contributed by atoms with Gasteiger partial charge in [0.05, 0.1) is 12.7 Å². The highest BCUT2D eigenvalue weighted by molar-refractivity contribution is 6.12. The zero-order valence-electron chi connectivity index (χ0n) is 9.66. The molecule has 1 aromatic carbocycles. The summed E-state index contributed by atoms with van der Waals surface area (Å²) >= 11 is 0. The first kappa shape index (κ1) is 10.7. The Morgan fingerprint density at radius 3 is 2.69 bits per heavy atom. The maximum atomic E-state index is 12.0. The molecule has 0 atom stereocenters. The predicted molar refractivity (Wildman–Crippen MR) is 61.2 cm³/mol. The molecule has 16 heavy (non-hydrogen) atoms. The third kappa shape index (κ3) is 1.48. The maximum absolute atomic E-state index is 12.0. The van der Waals surface area contributed by atoms with Gasteiger partial charge in [0.1, 0.15) is 17.1 Å². The lowest BCUT2D eigenvalue weighted by atomic mass is 9.88. The van der Waals surface area contributed by atoms with Crippen LogP contribution in [-0.4, -0.2) is 18.5 Å². The Labute approximate surface area is 94.7 Å². The minimum absolute atomic E-state index is 0.0612. The number of carbonyl (C=O) groups excluding carboxylic acids is 1. The average Bonchev–Trinajstić information content (AvgIpc) is 2.25. The second-order valence-electron chi connectivity index (χ2n) is 4.28. The van der Waals surface area contributed by atoms with E-state index in [0.29, 0.717) is 22.6 Å². The first-order valence-electron chi connectivity index (χ1n) is 5.07. The molecule has 2 rings (SSSR count).